The SMILES string of the molecule is CC[C@H](C)[C@@H](CO)NC(=O)c1cnn(C(C)C)c1. The first-order valence-corrected chi connectivity index (χ1v) is 6.45. The minimum absolute atomic E-state index is 0.0426. The molecule has 102 valence electrons. The molecule has 0 unspecified atom stereocenters. The monoisotopic (exact) mass is 253 g/mol. The summed E-state index contributed by atoms with van der Waals surface area (Å²) in [5.74, 6) is 0.0698. The van der Waals surface area contributed by atoms with Gasteiger partial charge in [-0.2, -0.15) is 5.10 Å². The molecule has 0 aliphatic rings. The first-order valence-electron chi connectivity index (χ1n) is 6.45. The van der Waals surface area contributed by atoms with E-state index in [-0.39, 0.29) is 30.5 Å². The summed E-state index contributed by atoms with van der Waals surface area (Å²) in [7, 11) is 0. The minimum atomic E-state index is -0.204. The molecule has 0 aromatic carbocycles. The number of carbonyl (C=O) groups excluding carboxylic acids is 1. The summed E-state index contributed by atoms with van der Waals surface area (Å²) in [5, 5.41) is 16.3. The Morgan fingerprint density at radius 2 is 2.17 bits per heavy atom. The van der Waals surface area contributed by atoms with Crippen molar-refractivity contribution in [3.63, 3.8) is 0 Å². The van der Waals surface area contributed by atoms with Crippen LogP contribution in [0.15, 0.2) is 12.4 Å². The molecule has 0 bridgehead atoms. The van der Waals surface area contributed by atoms with Gasteiger partial charge >= 0.3 is 0 Å². The Labute approximate surface area is 108 Å². The van der Waals surface area contributed by atoms with E-state index in [1.54, 1.807) is 17.1 Å². The van der Waals surface area contributed by atoms with Crippen molar-refractivity contribution in [2.24, 2.45) is 5.92 Å². The van der Waals surface area contributed by atoms with Gasteiger partial charge in [0.25, 0.3) is 5.91 Å². The first-order chi connectivity index (χ1) is 8.49. The van der Waals surface area contributed by atoms with Gasteiger partial charge < -0.3 is 10.4 Å². The molecule has 0 spiro atoms. The number of hydrogen-bond donors (Lipinski definition) is 2. The molecule has 1 heterocycles. The van der Waals surface area contributed by atoms with Crippen molar-refractivity contribution in [1.29, 1.82) is 0 Å². The van der Waals surface area contributed by atoms with E-state index in [0.29, 0.717) is 5.56 Å². The van der Waals surface area contributed by atoms with Crippen LogP contribution in [-0.2, 0) is 0 Å². The van der Waals surface area contributed by atoms with Gasteiger partial charge in [0.05, 0.1) is 24.4 Å². The number of rotatable bonds is 6. The van der Waals surface area contributed by atoms with Crippen LogP contribution in [-0.4, -0.2) is 33.4 Å². The van der Waals surface area contributed by atoms with Gasteiger partial charge in [-0.1, -0.05) is 20.3 Å². The van der Waals surface area contributed by atoms with Crippen LogP contribution >= 0.6 is 0 Å². The van der Waals surface area contributed by atoms with Crippen LogP contribution in [0.2, 0.25) is 0 Å². The lowest BCUT2D eigenvalue weighted by Crippen LogP contribution is -2.41. The molecule has 2 N–H and O–H groups in total. The number of amides is 1. The van der Waals surface area contributed by atoms with Gasteiger partial charge in [-0.3, -0.25) is 9.48 Å². The Hall–Kier alpha value is -1.36. The van der Waals surface area contributed by atoms with Gasteiger partial charge in [0.1, 0.15) is 0 Å². The van der Waals surface area contributed by atoms with E-state index in [0.717, 1.165) is 6.42 Å². The van der Waals surface area contributed by atoms with Crippen LogP contribution in [0.25, 0.3) is 0 Å². The summed E-state index contributed by atoms with van der Waals surface area (Å²) >= 11 is 0. The normalized spacial score (nSPS) is 14.6. The molecule has 18 heavy (non-hydrogen) atoms. The highest BCUT2D eigenvalue weighted by Gasteiger charge is 2.19. The largest absolute Gasteiger partial charge is 0.394 e. The molecule has 1 aromatic rings. The molecular formula is C13H23N3O2. The molecule has 2 atom stereocenters. The van der Waals surface area contributed by atoms with Crippen LogP contribution in [0.3, 0.4) is 0 Å². The average Bonchev–Trinajstić information content (AvgIpc) is 2.84. The van der Waals surface area contributed by atoms with Crippen molar-refractivity contribution < 1.29 is 9.90 Å². The van der Waals surface area contributed by atoms with Crippen molar-refractivity contribution in [3.05, 3.63) is 18.0 Å². The van der Waals surface area contributed by atoms with E-state index in [1.165, 1.54) is 0 Å². The number of hydrogen-bond acceptors (Lipinski definition) is 3. The zero-order valence-corrected chi connectivity index (χ0v) is 11.6. The fraction of sp³-hybridized carbons (Fsp3) is 0.692. The number of aliphatic hydroxyl groups is 1. The number of nitrogens with one attached hydrogen (secondary N) is 1. The highest BCUT2D eigenvalue weighted by Crippen LogP contribution is 2.09. The summed E-state index contributed by atoms with van der Waals surface area (Å²) in [6, 6.07) is 0.0275. The van der Waals surface area contributed by atoms with Gasteiger partial charge in [0, 0.05) is 12.2 Å². The third-order valence-corrected chi connectivity index (χ3v) is 3.24. The molecule has 5 nitrogen and oxygen atoms in total. The summed E-state index contributed by atoms with van der Waals surface area (Å²) in [5.41, 5.74) is 0.533. The molecule has 1 aromatic heterocycles. The summed E-state index contributed by atoms with van der Waals surface area (Å²) in [6.45, 7) is 8.02. The number of nitrogens with zero attached hydrogens (tertiary/aromatic N) is 2. The Morgan fingerprint density at radius 1 is 1.50 bits per heavy atom. The minimum Gasteiger partial charge on any atom is -0.394 e. The molecular weight excluding hydrogens is 230 g/mol. The van der Waals surface area contributed by atoms with Gasteiger partial charge in [-0.15, -0.1) is 0 Å². The Kier molecular flexibility index (Phi) is 5.34. The van der Waals surface area contributed by atoms with Crippen molar-refractivity contribution in [3.8, 4) is 0 Å². The van der Waals surface area contributed by atoms with E-state index in [1.807, 2.05) is 27.7 Å². The molecule has 0 radical (unpaired) electrons. The lowest BCUT2D eigenvalue weighted by molar-refractivity contribution is 0.0891. The summed E-state index contributed by atoms with van der Waals surface area (Å²) in [4.78, 5) is 12.0. The van der Waals surface area contributed by atoms with E-state index in [2.05, 4.69) is 10.4 Å². The molecule has 0 saturated heterocycles. The Bertz CT molecular complexity index is 387. The summed E-state index contributed by atoms with van der Waals surface area (Å²) in [6.07, 6.45) is 4.20. The highest BCUT2D eigenvalue weighted by molar-refractivity contribution is 5.93. The van der Waals surface area contributed by atoms with E-state index >= 15 is 0 Å². The highest BCUT2D eigenvalue weighted by atomic mass is 16.3. The third-order valence-electron chi connectivity index (χ3n) is 3.24. The molecule has 0 fully saturated rings. The quantitative estimate of drug-likeness (QED) is 0.809. The second kappa shape index (κ2) is 6.54. The van der Waals surface area contributed by atoms with Gasteiger partial charge in [0.15, 0.2) is 0 Å². The number of aliphatic hydroxyl groups excluding tert-OH is 1. The van der Waals surface area contributed by atoms with Gasteiger partial charge in [-0.25, -0.2) is 0 Å². The Balaban J connectivity index is 2.68. The van der Waals surface area contributed by atoms with Crippen molar-refractivity contribution in [1.82, 2.24) is 15.1 Å². The molecule has 0 saturated carbocycles. The van der Waals surface area contributed by atoms with E-state index < -0.39 is 0 Å². The predicted octanol–water partition coefficient (Wildman–Crippen LogP) is 1.60. The molecule has 1 amide bonds. The van der Waals surface area contributed by atoms with Crippen LogP contribution in [0.5, 0.6) is 0 Å². The van der Waals surface area contributed by atoms with E-state index in [4.69, 9.17) is 0 Å². The zero-order valence-electron chi connectivity index (χ0n) is 11.6. The molecule has 0 aliphatic carbocycles. The second-order valence-corrected chi connectivity index (χ2v) is 4.95. The van der Waals surface area contributed by atoms with Crippen LogP contribution in [0.1, 0.15) is 50.5 Å². The van der Waals surface area contributed by atoms with Gasteiger partial charge in [-0.05, 0) is 19.8 Å². The lowest BCUT2D eigenvalue weighted by atomic mass is 10.00. The molecule has 1 rings (SSSR count). The van der Waals surface area contributed by atoms with Crippen LogP contribution in [0, 0.1) is 5.92 Å². The standard InChI is InChI=1S/C13H23N3O2/c1-5-10(4)12(8-17)15-13(18)11-6-14-16(7-11)9(2)3/h6-7,9-10,12,17H,5,8H2,1-4H3,(H,15,18)/t10-,12+/m0/s1. The van der Waals surface area contributed by atoms with E-state index in [9.17, 15) is 9.90 Å². The van der Waals surface area contributed by atoms with Crippen LogP contribution < -0.4 is 5.32 Å². The zero-order chi connectivity index (χ0) is 13.7. The second-order valence-electron chi connectivity index (χ2n) is 4.95. The molecule has 0 aliphatic heterocycles. The fourth-order valence-electron chi connectivity index (χ4n) is 1.64. The van der Waals surface area contributed by atoms with Crippen LogP contribution in [0.4, 0.5) is 0 Å². The smallest absolute Gasteiger partial charge is 0.254 e. The number of carbonyl (C=O) groups is 1. The van der Waals surface area contributed by atoms with Crippen molar-refractivity contribution >= 4 is 5.91 Å². The Morgan fingerprint density at radius 3 is 2.61 bits per heavy atom. The lowest BCUT2D eigenvalue weighted by Gasteiger charge is -2.21. The fourth-order valence-corrected chi connectivity index (χ4v) is 1.64. The topological polar surface area (TPSA) is 67.2 Å². The van der Waals surface area contributed by atoms with Crippen molar-refractivity contribution in [2.45, 2.75) is 46.2 Å². The maximum absolute atomic E-state index is 12.0. The maximum Gasteiger partial charge on any atom is 0.254 e. The summed E-state index contributed by atoms with van der Waals surface area (Å²) < 4.78 is 1.74. The average molecular weight is 253 g/mol. The van der Waals surface area contributed by atoms with Gasteiger partial charge in [0.2, 0.25) is 0 Å². The molecule has 5 heteroatoms. The third kappa shape index (κ3) is 3.57. The number of aromatic nitrogens is 2. The predicted molar refractivity (Wildman–Crippen MR) is 70.4 cm³/mol. The first kappa shape index (κ1) is 14.7. The maximum atomic E-state index is 12.0. The van der Waals surface area contributed by atoms with Crippen molar-refractivity contribution in [2.75, 3.05) is 6.61 Å².